The zero-order valence-electron chi connectivity index (χ0n) is 9.44. The van der Waals surface area contributed by atoms with E-state index in [1.807, 2.05) is 13.8 Å². The Morgan fingerprint density at radius 3 is 2.71 bits per heavy atom. The number of fused-ring (bicyclic) bond motifs is 6. The van der Waals surface area contributed by atoms with Crippen molar-refractivity contribution in [2.75, 3.05) is 0 Å². The molecule has 4 rings (SSSR count). The second kappa shape index (κ2) is 2.80. The topological polar surface area (TPSA) is 46.2 Å². The van der Waals surface area contributed by atoms with Gasteiger partial charge in [-0.3, -0.25) is 0 Å². The molecule has 5 heteroatoms. The molecule has 0 spiro atoms. The number of carbonyl (C=O) groups excluding carboxylic acids is 2. The van der Waals surface area contributed by atoms with E-state index in [-0.39, 0.29) is 11.8 Å². The molecule has 17 heavy (non-hydrogen) atoms. The van der Waals surface area contributed by atoms with Crippen molar-refractivity contribution in [1.29, 1.82) is 0 Å². The Morgan fingerprint density at radius 2 is 1.94 bits per heavy atom. The second-order valence-corrected chi connectivity index (χ2v) is 11.0. The quantitative estimate of drug-likeness (QED) is 0.508. The molecule has 1 N–H and O–H groups in total. The molecule has 2 amide bonds. The van der Waals surface area contributed by atoms with Crippen LogP contribution in [0.5, 0.6) is 0 Å². The minimum absolute atomic E-state index is 0.0363. The van der Waals surface area contributed by atoms with Gasteiger partial charge < -0.3 is 0 Å². The molecule has 3 aliphatic rings. The van der Waals surface area contributed by atoms with Crippen molar-refractivity contribution in [2.45, 2.75) is 24.6 Å². The predicted octanol–water partition coefficient (Wildman–Crippen LogP) is -0.359. The first-order valence-corrected chi connectivity index (χ1v) is 9.30. The van der Waals surface area contributed by atoms with E-state index in [0.29, 0.717) is 40.2 Å². The summed E-state index contributed by atoms with van der Waals surface area (Å²) in [5.41, 5.74) is 0.473. The van der Waals surface area contributed by atoms with E-state index in [1.54, 1.807) is 3.34 Å². The SMILES string of the molecule is C[C@@]12C(=O)NC(=O)[C@]1(C)[C@H]1[Se]c3[se]ccc3[C@H]12. The summed E-state index contributed by atoms with van der Waals surface area (Å²) >= 11 is 0.910. The van der Waals surface area contributed by atoms with Gasteiger partial charge in [-0.1, -0.05) is 0 Å². The molecule has 2 fully saturated rings. The average Bonchev–Trinajstić information content (AvgIpc) is 2.87. The van der Waals surface area contributed by atoms with Gasteiger partial charge in [0.25, 0.3) is 0 Å². The van der Waals surface area contributed by atoms with Crippen LogP contribution >= 0.6 is 0 Å². The summed E-state index contributed by atoms with van der Waals surface area (Å²) in [4.78, 5) is 26.9. The number of amides is 2. The molecule has 1 aromatic rings. The summed E-state index contributed by atoms with van der Waals surface area (Å²) in [6.07, 6.45) is 0. The Hall–Kier alpha value is -0.341. The molecule has 1 saturated carbocycles. The van der Waals surface area contributed by atoms with Crippen LogP contribution in [0.1, 0.15) is 25.3 Å². The Kier molecular flexibility index (Phi) is 1.74. The van der Waals surface area contributed by atoms with Crippen LogP contribution in [-0.2, 0) is 9.59 Å². The molecular formula is C12H11NO2Se2. The van der Waals surface area contributed by atoms with Crippen molar-refractivity contribution >= 4 is 44.6 Å². The van der Waals surface area contributed by atoms with Crippen molar-refractivity contribution in [3.63, 3.8) is 0 Å². The van der Waals surface area contributed by atoms with Crippen molar-refractivity contribution in [2.24, 2.45) is 10.8 Å². The van der Waals surface area contributed by atoms with Crippen LogP contribution in [0.15, 0.2) is 11.0 Å². The molecule has 1 saturated heterocycles. The van der Waals surface area contributed by atoms with E-state index in [2.05, 4.69) is 16.3 Å². The van der Waals surface area contributed by atoms with Crippen LogP contribution in [0.4, 0.5) is 0 Å². The molecule has 1 aliphatic carbocycles. The zero-order chi connectivity index (χ0) is 12.0. The standard InChI is InChI=1S/C12H11NO2Se2/c1-11-6-5-3-4-16-8(5)17-7(6)12(11,2)10(15)13-9(11)14/h3-4,6-7H,1-2H3,(H,13,14,15)/t6-,7+,11-,12+/m1/s1. The summed E-state index contributed by atoms with van der Waals surface area (Å²) < 4.78 is 1.58. The van der Waals surface area contributed by atoms with E-state index in [1.165, 1.54) is 5.56 Å². The van der Waals surface area contributed by atoms with Gasteiger partial charge in [0.2, 0.25) is 0 Å². The fourth-order valence-electron chi connectivity index (χ4n) is 3.67. The maximum atomic E-state index is 12.1. The average molecular weight is 359 g/mol. The van der Waals surface area contributed by atoms with Gasteiger partial charge in [-0.2, -0.15) is 0 Å². The number of carbonyl (C=O) groups is 2. The van der Waals surface area contributed by atoms with Gasteiger partial charge in [-0.25, -0.2) is 0 Å². The molecule has 0 radical (unpaired) electrons. The Balaban J connectivity index is 1.94. The number of rotatable bonds is 0. The predicted molar refractivity (Wildman–Crippen MR) is 64.6 cm³/mol. The summed E-state index contributed by atoms with van der Waals surface area (Å²) in [6.45, 7) is 3.98. The summed E-state index contributed by atoms with van der Waals surface area (Å²) in [7, 11) is 0. The summed E-state index contributed by atoms with van der Waals surface area (Å²) in [5.74, 6) is 0.226. The molecule has 4 atom stereocenters. The van der Waals surface area contributed by atoms with Crippen molar-refractivity contribution in [3.05, 3.63) is 16.6 Å². The van der Waals surface area contributed by atoms with Crippen LogP contribution in [-0.4, -0.2) is 41.3 Å². The normalized spacial score (nSPS) is 46.0. The van der Waals surface area contributed by atoms with Crippen molar-refractivity contribution < 1.29 is 9.59 Å². The van der Waals surface area contributed by atoms with E-state index in [4.69, 9.17) is 0 Å². The fraction of sp³-hybridized carbons (Fsp3) is 0.500. The van der Waals surface area contributed by atoms with Gasteiger partial charge >= 0.3 is 111 Å². The van der Waals surface area contributed by atoms with E-state index in [0.717, 1.165) is 0 Å². The molecule has 1 aromatic heterocycles. The molecule has 0 unspecified atom stereocenters. The van der Waals surface area contributed by atoms with Crippen LogP contribution in [0.3, 0.4) is 0 Å². The number of hydrogen-bond donors (Lipinski definition) is 1. The third-order valence-electron chi connectivity index (χ3n) is 4.97. The first kappa shape index (κ1) is 10.6. The first-order valence-electron chi connectivity index (χ1n) is 5.61. The first-order chi connectivity index (χ1) is 8.01. The van der Waals surface area contributed by atoms with E-state index < -0.39 is 10.8 Å². The van der Waals surface area contributed by atoms with Gasteiger partial charge in [0.15, 0.2) is 0 Å². The van der Waals surface area contributed by atoms with Crippen LogP contribution in [0.2, 0.25) is 4.82 Å². The Labute approximate surface area is 111 Å². The van der Waals surface area contributed by atoms with Gasteiger partial charge in [0.05, 0.1) is 0 Å². The van der Waals surface area contributed by atoms with Gasteiger partial charge in [0.1, 0.15) is 0 Å². The van der Waals surface area contributed by atoms with Gasteiger partial charge in [-0.15, -0.1) is 0 Å². The van der Waals surface area contributed by atoms with Crippen LogP contribution in [0, 0.1) is 10.8 Å². The molecule has 3 nitrogen and oxygen atoms in total. The fourth-order valence-corrected chi connectivity index (χ4v) is 11.1. The summed E-state index contributed by atoms with van der Waals surface area (Å²) in [6, 6.07) is 2.21. The molecule has 3 heterocycles. The van der Waals surface area contributed by atoms with E-state index >= 15 is 0 Å². The Bertz CT molecular complexity index is 581. The van der Waals surface area contributed by atoms with Gasteiger partial charge in [-0.05, 0) is 0 Å². The Morgan fingerprint density at radius 1 is 1.24 bits per heavy atom. The van der Waals surface area contributed by atoms with Crippen LogP contribution < -0.4 is 8.65 Å². The number of imide groups is 1. The van der Waals surface area contributed by atoms with Crippen LogP contribution in [0.25, 0.3) is 0 Å². The summed E-state index contributed by atoms with van der Waals surface area (Å²) in [5, 5.41) is 2.56. The third kappa shape index (κ3) is 0.849. The van der Waals surface area contributed by atoms with E-state index in [9.17, 15) is 9.59 Å². The van der Waals surface area contributed by atoms with Crippen molar-refractivity contribution in [3.8, 4) is 0 Å². The van der Waals surface area contributed by atoms with Gasteiger partial charge in [0, 0.05) is 0 Å². The van der Waals surface area contributed by atoms with Crippen molar-refractivity contribution in [1.82, 2.24) is 5.32 Å². The molecule has 88 valence electrons. The molecule has 0 aromatic carbocycles. The molecule has 2 aliphatic heterocycles. The second-order valence-electron chi connectivity index (χ2n) is 5.37. The third-order valence-corrected chi connectivity index (χ3v) is 11.6. The monoisotopic (exact) mass is 361 g/mol. The number of nitrogens with one attached hydrogen (secondary N) is 1. The maximum absolute atomic E-state index is 12.1. The number of hydrogen-bond acceptors (Lipinski definition) is 2. The molecular weight excluding hydrogens is 348 g/mol. The molecule has 0 bridgehead atoms. The zero-order valence-corrected chi connectivity index (χ0v) is 12.9. The minimum atomic E-state index is -0.488.